The predicted octanol–water partition coefficient (Wildman–Crippen LogP) is -0.290. The van der Waals surface area contributed by atoms with Crippen LogP contribution in [-0.2, 0) is 19.9 Å². The largest absolute Gasteiger partial charge is 0.320 e. The van der Waals surface area contributed by atoms with Crippen molar-refractivity contribution in [3.05, 3.63) is 29.8 Å². The van der Waals surface area contributed by atoms with E-state index in [4.69, 9.17) is 5.73 Å². The van der Waals surface area contributed by atoms with Crippen LogP contribution < -0.4 is 10.5 Å². The number of rotatable bonds is 6. The van der Waals surface area contributed by atoms with Gasteiger partial charge in [-0.25, -0.2) is 21.6 Å². The number of sulfone groups is 1. The molecule has 1 rings (SSSR count). The van der Waals surface area contributed by atoms with Crippen LogP contribution in [0.1, 0.15) is 12.5 Å². The van der Waals surface area contributed by atoms with Gasteiger partial charge < -0.3 is 5.73 Å². The highest BCUT2D eigenvalue weighted by Crippen LogP contribution is 2.10. The Bertz CT molecular complexity index is 744. The molecule has 0 heterocycles. The normalized spacial score (nSPS) is 11.7. The van der Waals surface area contributed by atoms with E-state index in [1.54, 1.807) is 12.1 Å². The molecule has 0 saturated carbocycles. The Labute approximate surface area is 125 Å². The van der Waals surface area contributed by atoms with Crippen molar-refractivity contribution in [3.8, 4) is 11.8 Å². The molecule has 0 unspecified atom stereocenters. The molecule has 0 fully saturated rings. The van der Waals surface area contributed by atoms with Crippen molar-refractivity contribution in [1.82, 2.24) is 4.72 Å². The van der Waals surface area contributed by atoms with E-state index < -0.39 is 19.9 Å². The zero-order chi connectivity index (χ0) is 15.9. The van der Waals surface area contributed by atoms with Gasteiger partial charge in [0, 0.05) is 17.9 Å². The Morgan fingerprint density at radius 3 is 2.57 bits per heavy atom. The molecule has 0 atom stereocenters. The molecule has 0 aliphatic heterocycles. The van der Waals surface area contributed by atoms with Crippen molar-refractivity contribution in [2.24, 2.45) is 5.73 Å². The second-order valence-corrected chi connectivity index (χ2v) is 8.41. The average molecular weight is 330 g/mol. The van der Waals surface area contributed by atoms with Crippen molar-refractivity contribution in [2.45, 2.75) is 11.8 Å². The maximum Gasteiger partial charge on any atom is 0.240 e. The lowest BCUT2D eigenvalue weighted by Gasteiger charge is -2.07. The molecule has 0 radical (unpaired) electrons. The summed E-state index contributed by atoms with van der Waals surface area (Å²) in [5.41, 5.74) is 5.79. The molecular formula is C13H18N2O4S2. The molecule has 1 aromatic rings. The SMILES string of the molecule is CCS(=O)(=O)CCNS(=O)(=O)c1cccc(C#CCN)c1. The van der Waals surface area contributed by atoms with E-state index in [-0.39, 0.29) is 29.5 Å². The van der Waals surface area contributed by atoms with Crippen LogP contribution in [0.5, 0.6) is 0 Å². The zero-order valence-corrected chi connectivity index (χ0v) is 13.3. The minimum absolute atomic E-state index is 0.0150. The first kappa shape index (κ1) is 17.7. The maximum atomic E-state index is 12.1. The van der Waals surface area contributed by atoms with Crippen molar-refractivity contribution >= 4 is 19.9 Å². The fraction of sp³-hybridized carbons (Fsp3) is 0.385. The van der Waals surface area contributed by atoms with Gasteiger partial charge in [-0.15, -0.1) is 0 Å². The van der Waals surface area contributed by atoms with E-state index >= 15 is 0 Å². The van der Waals surface area contributed by atoms with Crippen LogP contribution in [0.15, 0.2) is 29.2 Å². The minimum atomic E-state index is -3.75. The first-order chi connectivity index (χ1) is 9.80. The highest BCUT2D eigenvalue weighted by Gasteiger charge is 2.15. The summed E-state index contributed by atoms with van der Waals surface area (Å²) in [4.78, 5) is 0.0419. The zero-order valence-electron chi connectivity index (χ0n) is 11.7. The summed E-state index contributed by atoms with van der Waals surface area (Å²) in [7, 11) is -6.96. The van der Waals surface area contributed by atoms with Crippen LogP contribution in [-0.4, -0.2) is 41.4 Å². The Kier molecular flexibility index (Phi) is 6.36. The van der Waals surface area contributed by atoms with Crippen LogP contribution in [0.3, 0.4) is 0 Å². The topological polar surface area (TPSA) is 106 Å². The van der Waals surface area contributed by atoms with E-state index in [1.165, 1.54) is 19.1 Å². The number of nitrogens with two attached hydrogens (primary N) is 1. The van der Waals surface area contributed by atoms with E-state index in [0.29, 0.717) is 5.56 Å². The molecule has 0 saturated heterocycles. The van der Waals surface area contributed by atoms with Gasteiger partial charge in [-0.1, -0.05) is 24.8 Å². The maximum absolute atomic E-state index is 12.1. The molecule has 0 amide bonds. The first-order valence-corrected chi connectivity index (χ1v) is 9.60. The van der Waals surface area contributed by atoms with E-state index in [1.807, 2.05) is 0 Å². The summed E-state index contributed by atoms with van der Waals surface area (Å²) >= 11 is 0. The highest BCUT2D eigenvalue weighted by molar-refractivity contribution is 7.91. The van der Waals surface area contributed by atoms with Crippen LogP contribution in [0.2, 0.25) is 0 Å². The molecule has 116 valence electrons. The van der Waals surface area contributed by atoms with Crippen LogP contribution in [0.25, 0.3) is 0 Å². The fourth-order valence-electron chi connectivity index (χ4n) is 1.45. The Morgan fingerprint density at radius 2 is 1.95 bits per heavy atom. The summed E-state index contributed by atoms with van der Waals surface area (Å²) < 4.78 is 49.0. The standard InChI is InChI=1S/C13H18N2O4S2/c1-2-20(16,17)10-9-15-21(18,19)13-7-3-5-12(11-13)6-4-8-14/h3,5,7,11,15H,2,8-10,14H2,1H3. The van der Waals surface area contributed by atoms with Gasteiger partial charge in [0.2, 0.25) is 10.0 Å². The molecule has 6 nitrogen and oxygen atoms in total. The van der Waals surface area contributed by atoms with Gasteiger partial charge in [0.1, 0.15) is 0 Å². The number of nitrogens with one attached hydrogen (secondary N) is 1. The lowest BCUT2D eigenvalue weighted by atomic mass is 10.2. The molecule has 8 heteroatoms. The van der Waals surface area contributed by atoms with Gasteiger partial charge in [0.05, 0.1) is 17.2 Å². The Balaban J connectivity index is 2.84. The van der Waals surface area contributed by atoms with Crippen molar-refractivity contribution in [3.63, 3.8) is 0 Å². The number of sulfonamides is 1. The van der Waals surface area contributed by atoms with Gasteiger partial charge in [-0.2, -0.15) is 0 Å². The second kappa shape index (κ2) is 7.56. The fourth-order valence-corrected chi connectivity index (χ4v) is 3.36. The summed E-state index contributed by atoms with van der Waals surface area (Å²) in [6.07, 6.45) is 0. The highest BCUT2D eigenvalue weighted by atomic mass is 32.2. The molecule has 0 bridgehead atoms. The predicted molar refractivity (Wildman–Crippen MR) is 81.9 cm³/mol. The monoisotopic (exact) mass is 330 g/mol. The van der Waals surface area contributed by atoms with Gasteiger partial charge in [-0.3, -0.25) is 0 Å². The van der Waals surface area contributed by atoms with Gasteiger partial charge in [-0.05, 0) is 18.2 Å². The van der Waals surface area contributed by atoms with E-state index in [9.17, 15) is 16.8 Å². The quantitative estimate of drug-likeness (QED) is 0.697. The van der Waals surface area contributed by atoms with Gasteiger partial charge >= 0.3 is 0 Å². The summed E-state index contributed by atoms with van der Waals surface area (Å²) in [6.45, 7) is 1.55. The van der Waals surface area contributed by atoms with Crippen LogP contribution in [0, 0.1) is 11.8 Å². The number of benzene rings is 1. The molecule has 0 aromatic heterocycles. The third kappa shape index (κ3) is 5.85. The molecule has 3 N–H and O–H groups in total. The smallest absolute Gasteiger partial charge is 0.240 e. The van der Waals surface area contributed by atoms with Gasteiger partial charge in [0.25, 0.3) is 0 Å². The van der Waals surface area contributed by atoms with Crippen LogP contribution >= 0.6 is 0 Å². The number of hydrogen-bond donors (Lipinski definition) is 2. The molecular weight excluding hydrogens is 312 g/mol. The summed E-state index contributed by atoms with van der Waals surface area (Å²) in [5.74, 6) is 5.14. The summed E-state index contributed by atoms with van der Waals surface area (Å²) in [5, 5.41) is 0. The third-order valence-electron chi connectivity index (χ3n) is 2.62. The number of hydrogen-bond acceptors (Lipinski definition) is 5. The second-order valence-electron chi connectivity index (χ2n) is 4.17. The first-order valence-electron chi connectivity index (χ1n) is 6.30. The van der Waals surface area contributed by atoms with E-state index in [0.717, 1.165) is 0 Å². The van der Waals surface area contributed by atoms with Gasteiger partial charge in [0.15, 0.2) is 9.84 Å². The Hall–Kier alpha value is -1.40. The third-order valence-corrected chi connectivity index (χ3v) is 5.79. The minimum Gasteiger partial charge on any atom is -0.320 e. The lowest BCUT2D eigenvalue weighted by Crippen LogP contribution is -2.29. The molecule has 0 aliphatic carbocycles. The van der Waals surface area contributed by atoms with Crippen molar-refractivity contribution < 1.29 is 16.8 Å². The van der Waals surface area contributed by atoms with Crippen molar-refractivity contribution in [2.75, 3.05) is 24.6 Å². The Morgan fingerprint density at radius 1 is 1.24 bits per heavy atom. The molecule has 1 aromatic carbocycles. The molecule has 0 spiro atoms. The molecule has 0 aliphatic rings. The van der Waals surface area contributed by atoms with Crippen LogP contribution in [0.4, 0.5) is 0 Å². The van der Waals surface area contributed by atoms with E-state index in [2.05, 4.69) is 16.6 Å². The average Bonchev–Trinajstić information content (AvgIpc) is 2.45. The molecule has 21 heavy (non-hydrogen) atoms. The lowest BCUT2D eigenvalue weighted by molar-refractivity contribution is 0.581. The summed E-state index contributed by atoms with van der Waals surface area (Å²) in [6, 6.07) is 6.07. The van der Waals surface area contributed by atoms with Crippen molar-refractivity contribution in [1.29, 1.82) is 0 Å².